The summed E-state index contributed by atoms with van der Waals surface area (Å²) in [5.74, 6) is -0.172. The van der Waals surface area contributed by atoms with E-state index in [1.165, 1.54) is 16.3 Å². The van der Waals surface area contributed by atoms with Crippen LogP contribution in [0.3, 0.4) is 0 Å². The Balaban J connectivity index is 1.10. The van der Waals surface area contributed by atoms with Gasteiger partial charge in [0.15, 0.2) is 11.0 Å². The number of carbonyl (C=O) groups is 1. The van der Waals surface area contributed by atoms with Crippen molar-refractivity contribution in [2.75, 3.05) is 12.4 Å². The standard InChI is InChI=1S/C38H41ClFN7O3S/c39-31-19-23(6-4-9-27(41)22-50-36(48)25-7-2-1-3-8-25)18-30(34(31)40)33-20-26-21-47(38(49)46-35(26)45-33)29-14-12-24(13-15-29)32-11-5-10-28(44-32)16-17-51-37(42)43/h1-3,7-8,12-15,18-21,27-28,32,44H,4-6,9-11,16-17,22,41H2,(H3,42,43)(H,45,46,49)/t27-,28+,32+/m1/s1. The van der Waals surface area contributed by atoms with E-state index in [0.29, 0.717) is 53.3 Å². The van der Waals surface area contributed by atoms with Crippen LogP contribution in [0.4, 0.5) is 4.39 Å². The molecule has 1 saturated heterocycles. The maximum Gasteiger partial charge on any atom is 0.354 e. The number of nitrogens with one attached hydrogen (secondary N) is 3. The van der Waals surface area contributed by atoms with Gasteiger partial charge >= 0.3 is 11.7 Å². The fourth-order valence-corrected chi connectivity index (χ4v) is 7.35. The van der Waals surface area contributed by atoms with Crippen molar-refractivity contribution in [2.45, 2.75) is 63.1 Å². The molecule has 6 rings (SSSR count). The van der Waals surface area contributed by atoms with Crippen LogP contribution in [0.2, 0.25) is 5.02 Å². The Bertz CT molecular complexity index is 2050. The van der Waals surface area contributed by atoms with E-state index in [0.717, 1.165) is 42.6 Å². The molecule has 1 fully saturated rings. The average molecular weight is 730 g/mol. The second-order valence-corrected chi connectivity index (χ2v) is 14.4. The van der Waals surface area contributed by atoms with Crippen molar-refractivity contribution >= 4 is 45.5 Å². The van der Waals surface area contributed by atoms with Crippen LogP contribution in [-0.2, 0) is 11.2 Å². The van der Waals surface area contributed by atoms with E-state index in [4.69, 9.17) is 33.2 Å². The zero-order valence-electron chi connectivity index (χ0n) is 28.0. The molecule has 3 atom stereocenters. The molecule has 7 N–H and O–H groups in total. The predicted molar refractivity (Wildman–Crippen MR) is 202 cm³/mol. The zero-order chi connectivity index (χ0) is 35.9. The molecule has 0 aliphatic carbocycles. The van der Waals surface area contributed by atoms with Gasteiger partial charge in [0, 0.05) is 41.0 Å². The van der Waals surface area contributed by atoms with Crippen LogP contribution in [0.5, 0.6) is 0 Å². The zero-order valence-corrected chi connectivity index (χ0v) is 29.6. The van der Waals surface area contributed by atoms with Gasteiger partial charge in [0.05, 0.1) is 22.0 Å². The number of ether oxygens (including phenoxy) is 1. The minimum absolute atomic E-state index is 0.0106. The molecule has 10 nitrogen and oxygen atoms in total. The van der Waals surface area contributed by atoms with E-state index in [1.807, 2.05) is 30.3 Å². The van der Waals surface area contributed by atoms with Gasteiger partial charge < -0.3 is 26.5 Å². The molecule has 0 saturated carbocycles. The van der Waals surface area contributed by atoms with Crippen LogP contribution in [0, 0.1) is 11.2 Å². The van der Waals surface area contributed by atoms with Gasteiger partial charge in [-0.05, 0) is 92.1 Å². The lowest BCUT2D eigenvalue weighted by Crippen LogP contribution is -2.37. The lowest BCUT2D eigenvalue weighted by molar-refractivity contribution is 0.0477. The Morgan fingerprint density at radius 3 is 2.69 bits per heavy atom. The van der Waals surface area contributed by atoms with Crippen molar-refractivity contribution in [1.29, 1.82) is 5.41 Å². The normalized spacial score (nSPS) is 16.6. The number of H-pyrrole nitrogens is 1. The summed E-state index contributed by atoms with van der Waals surface area (Å²) in [6.45, 7) is 0.0958. The van der Waals surface area contributed by atoms with Gasteiger partial charge in [0.25, 0.3) is 0 Å². The van der Waals surface area contributed by atoms with Gasteiger partial charge in [-0.1, -0.05) is 60.1 Å². The molecule has 0 bridgehead atoms. The summed E-state index contributed by atoms with van der Waals surface area (Å²) in [4.78, 5) is 32.7. The molecule has 1 aliphatic heterocycles. The number of benzene rings is 3. The molecule has 0 spiro atoms. The number of carbonyl (C=O) groups excluding carboxylic acids is 1. The first-order valence-electron chi connectivity index (χ1n) is 17.1. The summed E-state index contributed by atoms with van der Waals surface area (Å²) >= 11 is 7.71. The maximum atomic E-state index is 15.4. The molecule has 5 aromatic rings. The minimum Gasteiger partial charge on any atom is -0.460 e. The lowest BCUT2D eigenvalue weighted by Gasteiger charge is -2.31. The Morgan fingerprint density at radius 1 is 1.14 bits per heavy atom. The topological polar surface area (TPSA) is 165 Å². The molecule has 3 aromatic carbocycles. The third-order valence-electron chi connectivity index (χ3n) is 9.14. The number of aromatic amines is 1. The number of amidine groups is 1. The predicted octanol–water partition coefficient (Wildman–Crippen LogP) is 6.88. The number of hydrogen-bond donors (Lipinski definition) is 5. The number of aromatic nitrogens is 3. The van der Waals surface area contributed by atoms with Crippen molar-refractivity contribution < 1.29 is 13.9 Å². The molecular formula is C38H41ClFN7O3S. The van der Waals surface area contributed by atoms with Gasteiger partial charge in [-0.25, -0.2) is 14.0 Å². The number of nitrogens with zero attached hydrogens (tertiary/aromatic N) is 2. The number of hydrogen-bond acceptors (Lipinski definition) is 8. The highest BCUT2D eigenvalue weighted by molar-refractivity contribution is 8.13. The van der Waals surface area contributed by atoms with Gasteiger partial charge in [-0.3, -0.25) is 9.98 Å². The highest BCUT2D eigenvalue weighted by atomic mass is 35.5. The van der Waals surface area contributed by atoms with Crippen molar-refractivity contribution in [3.63, 3.8) is 0 Å². The summed E-state index contributed by atoms with van der Waals surface area (Å²) in [6.07, 6.45) is 7.74. The first kappa shape index (κ1) is 36.3. The number of thioether (sulfide) groups is 1. The van der Waals surface area contributed by atoms with Crippen LogP contribution < -0.4 is 22.5 Å². The highest BCUT2D eigenvalue weighted by Crippen LogP contribution is 2.32. The van der Waals surface area contributed by atoms with Crippen molar-refractivity contribution in [2.24, 2.45) is 11.5 Å². The molecule has 51 heavy (non-hydrogen) atoms. The summed E-state index contributed by atoms with van der Waals surface area (Å²) in [5, 5.41) is 11.9. The molecule has 3 heterocycles. The van der Waals surface area contributed by atoms with Gasteiger partial charge in [0.2, 0.25) is 0 Å². The van der Waals surface area contributed by atoms with E-state index in [2.05, 4.69) is 15.3 Å². The van der Waals surface area contributed by atoms with Gasteiger partial charge in [-0.15, -0.1) is 0 Å². The quantitative estimate of drug-likeness (QED) is 0.0497. The fourth-order valence-electron chi connectivity index (χ4n) is 6.49. The number of rotatable bonds is 13. The van der Waals surface area contributed by atoms with Crippen LogP contribution in [-0.4, -0.2) is 50.1 Å². The monoisotopic (exact) mass is 729 g/mol. The maximum absolute atomic E-state index is 15.4. The molecule has 13 heteroatoms. The third kappa shape index (κ3) is 9.25. The smallest absolute Gasteiger partial charge is 0.354 e. The number of esters is 1. The summed E-state index contributed by atoms with van der Waals surface area (Å²) < 4.78 is 22.2. The van der Waals surface area contributed by atoms with Crippen LogP contribution in [0.1, 0.15) is 66.1 Å². The first-order valence-corrected chi connectivity index (χ1v) is 18.4. The molecule has 1 aliphatic rings. The average Bonchev–Trinajstić information content (AvgIpc) is 3.54. The van der Waals surface area contributed by atoms with Gasteiger partial charge in [-0.2, -0.15) is 4.98 Å². The third-order valence-corrected chi connectivity index (χ3v) is 10.2. The lowest BCUT2D eigenvalue weighted by atomic mass is 9.92. The highest BCUT2D eigenvalue weighted by Gasteiger charge is 2.22. The Hall–Kier alpha value is -4.49. The van der Waals surface area contributed by atoms with E-state index >= 15 is 4.39 Å². The SMILES string of the molecule is N=C(N)SCC[C@@H]1CCC[C@@H](c2ccc(-n3cc4cc(-c5cc(CCC[C@@H](N)COC(=O)c6ccccc6)cc(Cl)c5F)[nH]c4nc3=O)cc2)N1. The van der Waals surface area contributed by atoms with E-state index in [1.54, 1.807) is 48.7 Å². The summed E-state index contributed by atoms with van der Waals surface area (Å²) in [5.41, 5.74) is 15.4. The van der Waals surface area contributed by atoms with E-state index in [-0.39, 0.29) is 34.4 Å². The van der Waals surface area contributed by atoms with Crippen LogP contribution in [0.15, 0.2) is 83.8 Å². The minimum atomic E-state index is -0.571. The summed E-state index contributed by atoms with van der Waals surface area (Å²) in [6, 6.07) is 22.0. The molecular weight excluding hydrogens is 689 g/mol. The second-order valence-electron chi connectivity index (χ2n) is 12.9. The van der Waals surface area contributed by atoms with Crippen LogP contribution >= 0.6 is 23.4 Å². The molecule has 0 radical (unpaired) electrons. The first-order chi connectivity index (χ1) is 24.6. The molecule has 2 aromatic heterocycles. The van der Waals surface area contributed by atoms with Crippen LogP contribution in [0.25, 0.3) is 28.0 Å². The number of nitrogens with two attached hydrogens (primary N) is 2. The number of piperidine rings is 1. The molecule has 0 amide bonds. The van der Waals surface area contributed by atoms with Crippen molar-refractivity contribution in [3.05, 3.63) is 117 Å². The van der Waals surface area contributed by atoms with Crippen molar-refractivity contribution in [3.8, 4) is 16.9 Å². The Kier molecular flexibility index (Phi) is 11.9. The second kappa shape index (κ2) is 16.7. The number of fused-ring (bicyclic) bond motifs is 1. The van der Waals surface area contributed by atoms with Crippen molar-refractivity contribution in [1.82, 2.24) is 19.9 Å². The number of halogens is 2. The van der Waals surface area contributed by atoms with E-state index in [9.17, 15) is 9.59 Å². The number of aryl methyl sites for hydroxylation is 1. The largest absolute Gasteiger partial charge is 0.460 e. The Morgan fingerprint density at radius 2 is 1.92 bits per heavy atom. The molecule has 0 unspecified atom stereocenters. The van der Waals surface area contributed by atoms with E-state index < -0.39 is 17.5 Å². The Labute approximate surface area is 304 Å². The van der Waals surface area contributed by atoms with Gasteiger partial charge in [0.1, 0.15) is 12.3 Å². The summed E-state index contributed by atoms with van der Waals surface area (Å²) in [7, 11) is 0. The fraction of sp³-hybridized carbons (Fsp3) is 0.316. The molecule has 266 valence electrons.